The van der Waals surface area contributed by atoms with Gasteiger partial charge in [-0.25, -0.2) is 9.37 Å². The zero-order valence-corrected chi connectivity index (χ0v) is 17.2. The van der Waals surface area contributed by atoms with Crippen LogP contribution in [-0.2, 0) is 9.53 Å². The van der Waals surface area contributed by atoms with E-state index < -0.39 is 16.4 Å². The molecule has 0 bridgehead atoms. The summed E-state index contributed by atoms with van der Waals surface area (Å²) in [6.45, 7) is 2.84. The van der Waals surface area contributed by atoms with E-state index in [1.54, 1.807) is 17.9 Å². The molecule has 3 heterocycles. The standard InChI is InChI=1S/C21H20FN5O5/c1-2-31-21(28)13-7-10-26(11-8-13)19-18(27(29)30)20(25-12-24-19)32-16-6-5-15(22)14-4-3-9-23-17(14)16/h3-6,9,12-13H,2,7-8,10-11H2,1H3. The summed E-state index contributed by atoms with van der Waals surface area (Å²) < 4.78 is 24.9. The topological polar surface area (TPSA) is 121 Å². The second-order valence-electron chi connectivity index (χ2n) is 7.17. The number of fused-ring (bicyclic) bond motifs is 1. The Bertz CT molecular complexity index is 1170. The number of rotatable bonds is 6. The molecule has 2 aromatic heterocycles. The molecule has 0 spiro atoms. The Morgan fingerprint density at radius 2 is 2.03 bits per heavy atom. The maximum Gasteiger partial charge on any atom is 0.373 e. The average molecular weight is 441 g/mol. The summed E-state index contributed by atoms with van der Waals surface area (Å²) in [6.07, 6.45) is 3.63. The third kappa shape index (κ3) is 4.13. The van der Waals surface area contributed by atoms with Crippen LogP contribution < -0.4 is 9.64 Å². The molecule has 0 amide bonds. The molecule has 1 aliphatic rings. The number of pyridine rings is 1. The number of ether oxygens (including phenoxy) is 2. The predicted molar refractivity (Wildman–Crippen MR) is 112 cm³/mol. The van der Waals surface area contributed by atoms with Crippen LogP contribution in [0.5, 0.6) is 11.6 Å². The fraction of sp³-hybridized carbons (Fsp3) is 0.333. The molecule has 0 unspecified atom stereocenters. The minimum absolute atomic E-state index is 0.0988. The highest BCUT2D eigenvalue weighted by atomic mass is 19.1. The quantitative estimate of drug-likeness (QED) is 0.321. The second kappa shape index (κ2) is 9.08. The number of benzene rings is 1. The molecule has 1 aromatic carbocycles. The normalized spacial score (nSPS) is 14.4. The molecule has 1 aliphatic heterocycles. The van der Waals surface area contributed by atoms with E-state index in [-0.39, 0.29) is 40.2 Å². The third-order valence-electron chi connectivity index (χ3n) is 5.25. The average Bonchev–Trinajstić information content (AvgIpc) is 2.81. The number of halogens is 1. The van der Waals surface area contributed by atoms with Crippen molar-refractivity contribution in [2.45, 2.75) is 19.8 Å². The van der Waals surface area contributed by atoms with Gasteiger partial charge in [0.15, 0.2) is 5.75 Å². The summed E-state index contributed by atoms with van der Waals surface area (Å²) in [5.41, 5.74) is -0.187. The van der Waals surface area contributed by atoms with Crippen LogP contribution in [0, 0.1) is 21.8 Å². The van der Waals surface area contributed by atoms with E-state index in [2.05, 4.69) is 15.0 Å². The Kier molecular flexibility index (Phi) is 6.06. The Balaban J connectivity index is 1.64. The molecule has 166 valence electrons. The number of piperidine rings is 1. The maximum atomic E-state index is 14.1. The molecule has 11 heteroatoms. The number of aromatic nitrogens is 3. The molecule has 0 saturated carbocycles. The fourth-order valence-electron chi connectivity index (χ4n) is 3.71. The molecule has 32 heavy (non-hydrogen) atoms. The third-order valence-corrected chi connectivity index (χ3v) is 5.25. The first-order valence-corrected chi connectivity index (χ1v) is 10.1. The number of nitrogens with zero attached hydrogens (tertiary/aromatic N) is 5. The van der Waals surface area contributed by atoms with Gasteiger partial charge in [-0.2, -0.15) is 4.98 Å². The monoisotopic (exact) mass is 441 g/mol. The largest absolute Gasteiger partial charge is 0.466 e. The van der Waals surface area contributed by atoms with E-state index in [1.807, 2.05) is 0 Å². The van der Waals surface area contributed by atoms with Crippen LogP contribution >= 0.6 is 0 Å². The Morgan fingerprint density at radius 1 is 1.25 bits per heavy atom. The Hall–Kier alpha value is -3.89. The first-order valence-electron chi connectivity index (χ1n) is 10.1. The van der Waals surface area contributed by atoms with Crippen molar-refractivity contribution < 1.29 is 23.6 Å². The molecule has 1 fully saturated rings. The van der Waals surface area contributed by atoms with E-state index in [0.717, 1.165) is 0 Å². The van der Waals surface area contributed by atoms with Crippen molar-refractivity contribution in [3.63, 3.8) is 0 Å². The zero-order chi connectivity index (χ0) is 22.7. The van der Waals surface area contributed by atoms with Crippen molar-refractivity contribution >= 4 is 28.4 Å². The van der Waals surface area contributed by atoms with Gasteiger partial charge in [0.25, 0.3) is 0 Å². The minimum atomic E-state index is -0.610. The molecule has 0 radical (unpaired) electrons. The number of hydrogen-bond donors (Lipinski definition) is 0. The number of esters is 1. The summed E-state index contributed by atoms with van der Waals surface area (Å²) in [4.78, 5) is 37.2. The second-order valence-corrected chi connectivity index (χ2v) is 7.17. The van der Waals surface area contributed by atoms with Crippen LogP contribution in [0.2, 0.25) is 0 Å². The van der Waals surface area contributed by atoms with E-state index in [9.17, 15) is 19.3 Å². The lowest BCUT2D eigenvalue weighted by molar-refractivity contribution is -0.385. The first-order chi connectivity index (χ1) is 15.5. The van der Waals surface area contributed by atoms with Gasteiger partial charge >= 0.3 is 17.5 Å². The van der Waals surface area contributed by atoms with Gasteiger partial charge in [-0.3, -0.25) is 19.9 Å². The molecular formula is C21H20FN5O5. The minimum Gasteiger partial charge on any atom is -0.466 e. The van der Waals surface area contributed by atoms with Crippen LogP contribution in [0.4, 0.5) is 15.9 Å². The molecule has 1 saturated heterocycles. The molecule has 0 aliphatic carbocycles. The van der Waals surface area contributed by atoms with Crippen LogP contribution in [0.25, 0.3) is 10.9 Å². The molecular weight excluding hydrogens is 421 g/mol. The van der Waals surface area contributed by atoms with Crippen molar-refractivity contribution in [2.75, 3.05) is 24.6 Å². The first kappa shape index (κ1) is 21.3. The number of anilines is 1. The van der Waals surface area contributed by atoms with Crippen molar-refractivity contribution in [2.24, 2.45) is 5.92 Å². The lowest BCUT2D eigenvalue weighted by Crippen LogP contribution is -2.37. The number of carbonyl (C=O) groups is 1. The number of carbonyl (C=O) groups excluding carboxylic acids is 1. The Morgan fingerprint density at radius 3 is 2.75 bits per heavy atom. The smallest absolute Gasteiger partial charge is 0.373 e. The van der Waals surface area contributed by atoms with Crippen LogP contribution in [0.1, 0.15) is 19.8 Å². The van der Waals surface area contributed by atoms with Gasteiger partial charge in [-0.15, -0.1) is 0 Å². The van der Waals surface area contributed by atoms with Crippen molar-refractivity contribution in [1.29, 1.82) is 0 Å². The summed E-state index contributed by atoms with van der Waals surface area (Å²) in [7, 11) is 0. The molecule has 3 aromatic rings. The van der Waals surface area contributed by atoms with Gasteiger partial charge in [0.2, 0.25) is 5.82 Å². The number of nitro groups is 1. The molecule has 10 nitrogen and oxygen atoms in total. The summed E-state index contributed by atoms with van der Waals surface area (Å²) >= 11 is 0. The van der Waals surface area contributed by atoms with E-state index in [4.69, 9.17) is 9.47 Å². The van der Waals surface area contributed by atoms with E-state index in [0.29, 0.717) is 32.5 Å². The SMILES string of the molecule is CCOC(=O)C1CCN(c2ncnc(Oc3ccc(F)c4cccnc34)c2[N+](=O)[O-])CC1. The highest BCUT2D eigenvalue weighted by Gasteiger charge is 2.33. The predicted octanol–water partition coefficient (Wildman–Crippen LogP) is 3.64. The van der Waals surface area contributed by atoms with Crippen molar-refractivity contribution in [3.05, 3.63) is 52.7 Å². The van der Waals surface area contributed by atoms with Crippen LogP contribution in [0.15, 0.2) is 36.8 Å². The molecule has 0 atom stereocenters. The zero-order valence-electron chi connectivity index (χ0n) is 17.2. The van der Waals surface area contributed by atoms with E-state index >= 15 is 0 Å². The summed E-state index contributed by atoms with van der Waals surface area (Å²) in [5, 5.41) is 12.1. The van der Waals surface area contributed by atoms with Gasteiger partial charge < -0.3 is 14.4 Å². The Labute approximate surface area is 182 Å². The highest BCUT2D eigenvalue weighted by molar-refractivity contribution is 5.85. The summed E-state index contributed by atoms with van der Waals surface area (Å²) in [5.74, 6) is -1.03. The van der Waals surface area contributed by atoms with Crippen LogP contribution in [0.3, 0.4) is 0 Å². The maximum absolute atomic E-state index is 14.1. The highest BCUT2D eigenvalue weighted by Crippen LogP contribution is 2.39. The van der Waals surface area contributed by atoms with Gasteiger partial charge in [0.1, 0.15) is 17.7 Å². The van der Waals surface area contributed by atoms with E-state index in [1.165, 1.54) is 30.7 Å². The fourth-order valence-corrected chi connectivity index (χ4v) is 3.71. The van der Waals surface area contributed by atoms with Gasteiger partial charge in [0.05, 0.1) is 17.4 Å². The molecule has 0 N–H and O–H groups in total. The number of hydrogen-bond acceptors (Lipinski definition) is 9. The lowest BCUT2D eigenvalue weighted by Gasteiger charge is -2.31. The molecule has 4 rings (SSSR count). The van der Waals surface area contributed by atoms with Gasteiger partial charge in [-0.05, 0) is 44.0 Å². The van der Waals surface area contributed by atoms with Crippen molar-refractivity contribution in [1.82, 2.24) is 15.0 Å². The van der Waals surface area contributed by atoms with Crippen LogP contribution in [-0.4, -0.2) is 45.5 Å². The van der Waals surface area contributed by atoms with Gasteiger partial charge in [-0.1, -0.05) is 0 Å². The van der Waals surface area contributed by atoms with Gasteiger partial charge in [0, 0.05) is 24.7 Å². The summed E-state index contributed by atoms with van der Waals surface area (Å²) in [6, 6.07) is 5.67. The lowest BCUT2D eigenvalue weighted by atomic mass is 9.97. The van der Waals surface area contributed by atoms with Crippen molar-refractivity contribution in [3.8, 4) is 11.6 Å².